The Morgan fingerprint density at radius 3 is 1.25 bits per heavy atom. The van der Waals surface area contributed by atoms with Crippen molar-refractivity contribution in [3.8, 4) is 0 Å². The zero-order valence-corrected chi connectivity index (χ0v) is 4.15. The summed E-state index contributed by atoms with van der Waals surface area (Å²) < 4.78 is 0. The van der Waals surface area contributed by atoms with Crippen LogP contribution in [0.5, 0.6) is 0 Å². The third-order valence-electron chi connectivity index (χ3n) is 0. The van der Waals surface area contributed by atoms with Gasteiger partial charge in [0, 0.05) is 27.2 Å². The average molecular weight is 239 g/mol. The molecule has 0 amide bonds. The summed E-state index contributed by atoms with van der Waals surface area (Å²) in [5.74, 6) is 0. The number of carbonyl (C=O) groups excluding carboxylic acids is 1. The Morgan fingerprint density at radius 1 is 1.25 bits per heavy atom. The standard InChI is InChI=1S/CH2O.N.Pt/c1-2;;/h1H2;;. The first-order valence-electron chi connectivity index (χ1n) is 0.289. The van der Waals surface area contributed by atoms with E-state index in [9.17, 15) is 0 Å². The van der Waals surface area contributed by atoms with E-state index >= 15 is 0 Å². The van der Waals surface area contributed by atoms with Crippen molar-refractivity contribution in [1.82, 2.24) is 6.15 Å². The molecule has 4 heavy (non-hydrogen) atoms. The summed E-state index contributed by atoms with van der Waals surface area (Å²) >= 11 is 0. The van der Waals surface area contributed by atoms with Gasteiger partial charge < -0.3 is 4.79 Å². The number of hydrogen-bond donors (Lipinski definition) is 0. The van der Waals surface area contributed by atoms with Crippen LogP contribution in [0.4, 0.5) is 0 Å². The molecule has 0 spiro atoms. The fraction of sp³-hybridized carbons (Fsp3) is 0. The van der Waals surface area contributed by atoms with E-state index in [1.165, 1.54) is 0 Å². The van der Waals surface area contributed by atoms with Crippen LogP contribution in [0.25, 0.3) is 0 Å². The average Bonchev–Trinajstić information content (AvgIpc) is 1.00. The Balaban J connectivity index is -0.00000000500. The van der Waals surface area contributed by atoms with Crippen molar-refractivity contribution in [3.05, 3.63) is 0 Å². The van der Waals surface area contributed by atoms with Gasteiger partial charge >= 0.3 is 0 Å². The van der Waals surface area contributed by atoms with Crippen molar-refractivity contribution < 1.29 is 25.9 Å². The maximum atomic E-state index is 8.00. The molecule has 27 valence electrons. The van der Waals surface area contributed by atoms with E-state index in [0.717, 1.165) is 0 Å². The van der Waals surface area contributed by atoms with Crippen molar-refractivity contribution in [2.45, 2.75) is 0 Å². The minimum atomic E-state index is 0. The van der Waals surface area contributed by atoms with Gasteiger partial charge in [0.1, 0.15) is 6.79 Å². The first-order valence-corrected chi connectivity index (χ1v) is 0.289. The molecule has 3 heteroatoms. The third-order valence-corrected chi connectivity index (χ3v) is 0. The van der Waals surface area contributed by atoms with Crippen LogP contribution in [-0.4, -0.2) is 6.79 Å². The van der Waals surface area contributed by atoms with Crippen molar-refractivity contribution in [3.63, 3.8) is 0 Å². The second-order valence-electron chi connectivity index (χ2n) is 0. The van der Waals surface area contributed by atoms with Crippen molar-refractivity contribution >= 4 is 6.79 Å². The Bertz CT molecular complexity index is 8.00. The maximum absolute atomic E-state index is 8.00. The molecule has 0 fully saturated rings. The molecule has 0 heterocycles. The molecule has 0 aromatic carbocycles. The SMILES string of the molecule is C=O.[N].[Pt]. The molecule has 2 nitrogen and oxygen atoms in total. The van der Waals surface area contributed by atoms with Gasteiger partial charge in [-0.05, 0) is 0 Å². The Labute approximate surface area is 39.4 Å². The van der Waals surface area contributed by atoms with Crippen LogP contribution < -0.4 is 6.15 Å². The van der Waals surface area contributed by atoms with E-state index in [-0.39, 0.29) is 27.2 Å². The van der Waals surface area contributed by atoms with Crippen LogP contribution in [0.1, 0.15) is 0 Å². The topological polar surface area (TPSA) is 47.6 Å². The minimum absolute atomic E-state index is 0. The number of hydrogen-bond acceptors (Lipinski definition) is 1. The second-order valence-corrected chi connectivity index (χ2v) is 0. The first kappa shape index (κ1) is 27.4. The molecule has 0 aliphatic carbocycles. The molecule has 0 aliphatic heterocycles. The molecular weight excluding hydrogens is 237 g/mol. The van der Waals surface area contributed by atoms with Gasteiger partial charge in [0.05, 0.1) is 0 Å². The van der Waals surface area contributed by atoms with Crippen molar-refractivity contribution in [1.29, 1.82) is 0 Å². The van der Waals surface area contributed by atoms with Gasteiger partial charge in [-0.25, -0.2) is 0 Å². The largest absolute Gasteiger partial charge is 0.307 e. The summed E-state index contributed by atoms with van der Waals surface area (Å²) in [4.78, 5) is 8.00. The summed E-state index contributed by atoms with van der Waals surface area (Å²) in [5.41, 5.74) is 0. The van der Waals surface area contributed by atoms with Crippen molar-refractivity contribution in [2.24, 2.45) is 0 Å². The van der Waals surface area contributed by atoms with Crippen LogP contribution in [-0.2, 0) is 25.9 Å². The molecule has 0 saturated heterocycles. The summed E-state index contributed by atoms with van der Waals surface area (Å²) in [6.07, 6.45) is 0. The summed E-state index contributed by atoms with van der Waals surface area (Å²) in [7, 11) is 0. The zero-order valence-electron chi connectivity index (χ0n) is 1.88. The minimum Gasteiger partial charge on any atom is -0.307 e. The molecule has 0 aromatic rings. The molecule has 0 N–H and O–H groups in total. The van der Waals surface area contributed by atoms with E-state index < -0.39 is 0 Å². The van der Waals surface area contributed by atoms with Gasteiger partial charge in [-0.15, -0.1) is 0 Å². The molecule has 0 saturated carbocycles. The molecule has 0 atom stereocenters. The first-order chi connectivity index (χ1) is 1.00. The van der Waals surface area contributed by atoms with Crippen molar-refractivity contribution in [2.75, 3.05) is 0 Å². The van der Waals surface area contributed by atoms with E-state index in [1.807, 2.05) is 6.79 Å². The quantitative estimate of drug-likeness (QED) is 0.553. The Kier molecular flexibility index (Phi) is 1200. The van der Waals surface area contributed by atoms with E-state index in [0.29, 0.717) is 0 Å². The van der Waals surface area contributed by atoms with E-state index in [4.69, 9.17) is 4.79 Å². The zero-order chi connectivity index (χ0) is 2.00. The Morgan fingerprint density at radius 2 is 1.25 bits per heavy atom. The molecule has 0 aliphatic rings. The van der Waals surface area contributed by atoms with Gasteiger partial charge in [0.15, 0.2) is 0 Å². The molecule has 0 unspecified atom stereocenters. The predicted molar refractivity (Wildman–Crippen MR) is 9.26 cm³/mol. The van der Waals surface area contributed by atoms with Gasteiger partial charge in [-0.1, -0.05) is 0 Å². The smallest absolute Gasteiger partial charge is 0.106 e. The predicted octanol–water partition coefficient (Wildman–Crippen LogP) is -0.668. The third kappa shape index (κ3) is 39.8. The van der Waals surface area contributed by atoms with Crippen LogP contribution in [0.15, 0.2) is 0 Å². The van der Waals surface area contributed by atoms with E-state index in [2.05, 4.69) is 0 Å². The van der Waals surface area contributed by atoms with Gasteiger partial charge in [-0.3, -0.25) is 0 Å². The van der Waals surface area contributed by atoms with Crippen LogP contribution in [0.2, 0.25) is 0 Å². The van der Waals surface area contributed by atoms with Crippen LogP contribution in [0, 0.1) is 0 Å². The maximum Gasteiger partial charge on any atom is 0.106 e. The van der Waals surface area contributed by atoms with E-state index in [1.54, 1.807) is 0 Å². The number of rotatable bonds is 0. The summed E-state index contributed by atoms with van der Waals surface area (Å²) in [5, 5.41) is 0. The second kappa shape index (κ2) is 176. The van der Waals surface area contributed by atoms with Crippen LogP contribution in [0.3, 0.4) is 0 Å². The molecule has 0 aromatic heterocycles. The number of nitrogens with zero attached hydrogens (tertiary/aromatic N) is 1. The van der Waals surface area contributed by atoms with Crippen LogP contribution >= 0.6 is 0 Å². The molecule has 0 bridgehead atoms. The fourth-order valence-corrected chi connectivity index (χ4v) is 0. The summed E-state index contributed by atoms with van der Waals surface area (Å²) in [6.45, 7) is 2.00. The Hall–Kier alpha value is 0.318. The van der Waals surface area contributed by atoms with Gasteiger partial charge in [0.2, 0.25) is 0 Å². The molecule has 0 rings (SSSR count). The number of carbonyl (C=O) groups is 1. The molecule has 3 radical (unpaired) electrons. The normalized spacial score (nSPS) is 1.00. The van der Waals surface area contributed by atoms with Gasteiger partial charge in [-0.2, -0.15) is 0 Å². The summed E-state index contributed by atoms with van der Waals surface area (Å²) in [6, 6.07) is 0. The molecular formula is CH2NOPt. The monoisotopic (exact) mass is 239 g/mol. The fourth-order valence-electron chi connectivity index (χ4n) is 0. The van der Waals surface area contributed by atoms with Gasteiger partial charge in [0.25, 0.3) is 0 Å².